The highest BCUT2D eigenvalue weighted by atomic mass is 16.4. The van der Waals surface area contributed by atoms with E-state index in [1.165, 1.54) is 0 Å². The van der Waals surface area contributed by atoms with Crippen LogP contribution in [0.4, 0.5) is 0 Å². The zero-order valence-corrected chi connectivity index (χ0v) is 6.93. The molecule has 0 aromatic carbocycles. The van der Waals surface area contributed by atoms with Gasteiger partial charge in [0.1, 0.15) is 18.3 Å². The Morgan fingerprint density at radius 1 is 1.21 bits per heavy atom. The normalized spacial score (nSPS) is 18.9. The van der Waals surface area contributed by atoms with Gasteiger partial charge in [-0.15, -0.1) is 4.79 Å². The number of carbonyl (C=O) groups excluding carboxylic acids is 1. The molecule has 0 unspecified atom stereocenters. The molecule has 0 aliphatic heterocycles. The molecule has 0 fully saturated rings. The number of hydrogen-bond donors (Lipinski definition) is 5. The summed E-state index contributed by atoms with van der Waals surface area (Å²) < 4.78 is 0. The minimum Gasteiger partial charge on any atom is -0.449 e. The van der Waals surface area contributed by atoms with Gasteiger partial charge in [0.05, 0.1) is 0 Å². The van der Waals surface area contributed by atoms with Gasteiger partial charge in [-0.05, 0) is 0 Å². The topological polar surface area (TPSA) is 155 Å². The Labute approximate surface area is 78.3 Å². The lowest BCUT2D eigenvalue weighted by Crippen LogP contribution is -2.48. The molecule has 0 bridgehead atoms. The fourth-order valence-corrected chi connectivity index (χ4v) is 0.681. The average molecular weight is 206 g/mol. The molecule has 0 aliphatic carbocycles. The Bertz CT molecular complexity index is 251. The Kier molecular flexibility index (Phi) is 4.92. The largest absolute Gasteiger partial charge is 0.479 e. The first-order valence-corrected chi connectivity index (χ1v) is 3.54. The van der Waals surface area contributed by atoms with E-state index in [4.69, 9.17) is 31.1 Å². The van der Waals surface area contributed by atoms with Crippen molar-refractivity contribution in [3.05, 3.63) is 5.53 Å². The summed E-state index contributed by atoms with van der Waals surface area (Å²) in [6.45, 7) is 0. The molecule has 0 amide bonds. The first-order chi connectivity index (χ1) is 6.45. The third kappa shape index (κ3) is 2.87. The Balaban J connectivity index is 4.53. The molecule has 0 heterocycles. The van der Waals surface area contributed by atoms with Crippen molar-refractivity contribution in [3.8, 4) is 0 Å². The Morgan fingerprint density at radius 3 is 2.07 bits per heavy atom. The molecule has 0 spiro atoms. The first kappa shape index (κ1) is 12.7. The van der Waals surface area contributed by atoms with Crippen LogP contribution >= 0.6 is 0 Å². The third-order valence-electron chi connectivity index (χ3n) is 1.53. The van der Waals surface area contributed by atoms with Crippen molar-refractivity contribution >= 4 is 12.2 Å². The van der Waals surface area contributed by atoms with Gasteiger partial charge >= 0.3 is 5.90 Å². The molecule has 8 heteroatoms. The van der Waals surface area contributed by atoms with E-state index in [0.717, 1.165) is 0 Å². The predicted octanol–water partition coefficient (Wildman–Crippen LogP) is -3.18. The molecule has 0 radical (unpaired) electrons. The molecule has 8 nitrogen and oxygen atoms in total. The van der Waals surface area contributed by atoms with E-state index in [-0.39, 0.29) is 6.29 Å². The molecule has 0 aromatic rings. The smallest absolute Gasteiger partial charge is 0.449 e. The lowest BCUT2D eigenvalue weighted by molar-refractivity contribution is -0.134. The van der Waals surface area contributed by atoms with Crippen LogP contribution in [0.25, 0.3) is 5.53 Å². The van der Waals surface area contributed by atoms with Crippen molar-refractivity contribution in [1.82, 2.24) is 0 Å². The number of nitrogens with zero attached hydrogens (tertiary/aromatic N) is 2. The van der Waals surface area contributed by atoms with Gasteiger partial charge in [0.25, 0.3) is 0 Å². The molecule has 0 saturated heterocycles. The van der Waals surface area contributed by atoms with E-state index < -0.39 is 30.3 Å². The van der Waals surface area contributed by atoms with Gasteiger partial charge < -0.3 is 35.9 Å². The quantitative estimate of drug-likeness (QED) is 0.105. The zero-order chi connectivity index (χ0) is 11.3. The second kappa shape index (κ2) is 5.43. The maximum atomic E-state index is 9.97. The average Bonchev–Trinajstić information content (AvgIpc) is 2.23. The molecule has 0 aliphatic rings. The van der Waals surface area contributed by atoms with E-state index in [1.54, 1.807) is 0 Å². The molecule has 0 rings (SSSR count). The van der Waals surface area contributed by atoms with Gasteiger partial charge in [0, 0.05) is 0 Å². The molecule has 0 aromatic heterocycles. The van der Waals surface area contributed by atoms with E-state index >= 15 is 0 Å². The van der Waals surface area contributed by atoms with E-state index in [9.17, 15) is 4.79 Å². The SMILES string of the molecule is [N-]=[N+]=C(O)[C@@H](O)[C@@H](O)[C@H](O)[C@@H](O)C=O. The van der Waals surface area contributed by atoms with Crippen molar-refractivity contribution < 1.29 is 35.1 Å². The minimum atomic E-state index is -2.09. The van der Waals surface area contributed by atoms with Crippen LogP contribution in [0.2, 0.25) is 0 Å². The highest BCUT2D eigenvalue weighted by Gasteiger charge is 2.36. The monoisotopic (exact) mass is 206 g/mol. The number of carbonyl (C=O) groups is 1. The van der Waals surface area contributed by atoms with Gasteiger partial charge in [-0.1, -0.05) is 0 Å². The van der Waals surface area contributed by atoms with Gasteiger partial charge in [0.15, 0.2) is 6.29 Å². The first-order valence-electron chi connectivity index (χ1n) is 3.54. The van der Waals surface area contributed by atoms with Crippen LogP contribution in [0.5, 0.6) is 0 Å². The Hall–Kier alpha value is -1.31. The molecular weight excluding hydrogens is 196 g/mol. The number of aliphatic hydroxyl groups excluding tert-OH is 5. The number of aldehydes is 1. The van der Waals surface area contributed by atoms with Crippen LogP contribution in [0.3, 0.4) is 0 Å². The molecule has 14 heavy (non-hydrogen) atoms. The molecule has 5 N–H and O–H groups in total. The fourth-order valence-electron chi connectivity index (χ4n) is 0.681. The van der Waals surface area contributed by atoms with Crippen molar-refractivity contribution in [2.45, 2.75) is 24.4 Å². The van der Waals surface area contributed by atoms with E-state index in [0.29, 0.717) is 0 Å². The van der Waals surface area contributed by atoms with Gasteiger partial charge in [0.2, 0.25) is 6.10 Å². The van der Waals surface area contributed by atoms with Crippen LogP contribution in [0.1, 0.15) is 0 Å². The summed E-state index contributed by atoms with van der Waals surface area (Å²) in [5.41, 5.74) is 7.98. The maximum Gasteiger partial charge on any atom is 0.479 e. The molecule has 80 valence electrons. The van der Waals surface area contributed by atoms with Crippen LogP contribution < -0.4 is 0 Å². The van der Waals surface area contributed by atoms with Gasteiger partial charge in [-0.2, -0.15) is 0 Å². The van der Waals surface area contributed by atoms with Gasteiger partial charge in [-0.25, -0.2) is 0 Å². The van der Waals surface area contributed by atoms with Crippen molar-refractivity contribution in [3.63, 3.8) is 0 Å². The molecule has 0 saturated carbocycles. The van der Waals surface area contributed by atoms with Crippen molar-refractivity contribution in [2.24, 2.45) is 0 Å². The highest BCUT2D eigenvalue weighted by molar-refractivity contribution is 5.73. The highest BCUT2D eigenvalue weighted by Crippen LogP contribution is 2.03. The Morgan fingerprint density at radius 2 is 1.71 bits per heavy atom. The summed E-state index contributed by atoms with van der Waals surface area (Å²) in [6.07, 6.45) is -8.11. The summed E-state index contributed by atoms with van der Waals surface area (Å²) in [7, 11) is 0. The van der Waals surface area contributed by atoms with Crippen LogP contribution in [-0.4, -0.2) is 66.9 Å². The summed E-state index contributed by atoms with van der Waals surface area (Å²) >= 11 is 0. The third-order valence-corrected chi connectivity index (χ3v) is 1.53. The van der Waals surface area contributed by atoms with Gasteiger partial charge in [-0.3, -0.25) is 0 Å². The second-order valence-electron chi connectivity index (χ2n) is 2.51. The fraction of sp³-hybridized carbons (Fsp3) is 0.667. The van der Waals surface area contributed by atoms with Crippen LogP contribution in [-0.2, 0) is 4.79 Å². The second-order valence-corrected chi connectivity index (χ2v) is 2.51. The van der Waals surface area contributed by atoms with Crippen molar-refractivity contribution in [2.75, 3.05) is 0 Å². The minimum absolute atomic E-state index is 0.0618. The molecular formula is C6H10N2O6. The number of rotatable bonds is 5. The summed E-state index contributed by atoms with van der Waals surface area (Å²) in [5.74, 6) is -1.24. The predicted molar refractivity (Wildman–Crippen MR) is 41.3 cm³/mol. The van der Waals surface area contributed by atoms with Crippen molar-refractivity contribution in [1.29, 1.82) is 0 Å². The number of hydrogen-bond acceptors (Lipinski definition) is 5. The van der Waals surface area contributed by atoms with E-state index in [1.807, 2.05) is 0 Å². The zero-order valence-electron chi connectivity index (χ0n) is 6.93. The number of aliphatic hydroxyl groups is 5. The maximum absolute atomic E-state index is 9.97. The summed E-state index contributed by atoms with van der Waals surface area (Å²) in [6, 6.07) is 0. The lowest BCUT2D eigenvalue weighted by atomic mass is 10.0. The van der Waals surface area contributed by atoms with Crippen LogP contribution in [0, 0.1) is 0 Å². The molecule has 4 atom stereocenters. The van der Waals surface area contributed by atoms with Crippen LogP contribution in [0.15, 0.2) is 0 Å². The summed E-state index contributed by atoms with van der Waals surface area (Å²) in [5, 5.41) is 44.2. The standard InChI is InChI=1S/C6H10N2O6/c7-8-6(14)5(13)4(12)3(11)2(10)1-9/h1-5,10-14H/t2-,3+,4-,5-/m0/s1. The lowest BCUT2D eigenvalue weighted by Gasteiger charge is -2.19. The van der Waals surface area contributed by atoms with E-state index in [2.05, 4.69) is 4.79 Å². The summed E-state index contributed by atoms with van der Waals surface area (Å²) in [4.78, 5) is 12.1.